The third kappa shape index (κ3) is 7.54. The van der Waals surface area contributed by atoms with Crippen LogP contribution in [0.15, 0.2) is 54.6 Å². The van der Waals surface area contributed by atoms with E-state index in [-0.39, 0.29) is 36.7 Å². The Morgan fingerprint density at radius 1 is 1.11 bits per heavy atom. The van der Waals surface area contributed by atoms with Gasteiger partial charge in [-0.25, -0.2) is 4.98 Å². The maximum atomic E-state index is 12.7. The number of anilines is 2. The molecule has 0 saturated heterocycles. The van der Waals surface area contributed by atoms with Crippen molar-refractivity contribution < 1.29 is 27.9 Å². The lowest BCUT2D eigenvalue weighted by atomic mass is 10.1. The van der Waals surface area contributed by atoms with Crippen LogP contribution in [0.25, 0.3) is 11.3 Å². The summed E-state index contributed by atoms with van der Waals surface area (Å²) in [5.41, 5.74) is 1.22. The highest BCUT2D eigenvalue weighted by Crippen LogP contribution is 2.29. The molecule has 0 unspecified atom stereocenters. The van der Waals surface area contributed by atoms with Gasteiger partial charge in [0.05, 0.1) is 23.3 Å². The van der Waals surface area contributed by atoms with Crippen LogP contribution in [-0.2, 0) is 6.54 Å². The molecule has 1 aromatic heterocycles. The van der Waals surface area contributed by atoms with Crippen LogP contribution in [0, 0.1) is 16.0 Å². The predicted octanol–water partition coefficient (Wildman–Crippen LogP) is 4.99. The van der Waals surface area contributed by atoms with Crippen LogP contribution in [-0.4, -0.2) is 39.0 Å². The van der Waals surface area contributed by atoms with Crippen molar-refractivity contribution in [1.82, 2.24) is 9.97 Å². The average molecular weight is 491 g/mol. The van der Waals surface area contributed by atoms with Gasteiger partial charge in [0.1, 0.15) is 11.6 Å². The second kappa shape index (κ2) is 11.0. The first kappa shape index (κ1) is 25.7. The minimum Gasteiger partial charge on any atom is -0.406 e. The lowest BCUT2D eigenvalue weighted by Gasteiger charge is -2.21. The van der Waals surface area contributed by atoms with Crippen LogP contribution in [0.1, 0.15) is 19.4 Å². The van der Waals surface area contributed by atoms with Gasteiger partial charge in [0, 0.05) is 30.3 Å². The van der Waals surface area contributed by atoms with E-state index in [1.807, 2.05) is 13.8 Å². The van der Waals surface area contributed by atoms with Gasteiger partial charge in [0.15, 0.2) is 0 Å². The SMILES string of the molecule is CC(C)[C@@H](CO)Nc1nc(NCc2cccc([N+](=O)[O-])c2)cc(-c2cccc(OC(F)(F)F)c2)n1. The zero-order chi connectivity index (χ0) is 25.6. The van der Waals surface area contributed by atoms with Crippen molar-refractivity contribution in [2.75, 3.05) is 17.2 Å². The molecule has 0 bridgehead atoms. The third-order valence-corrected chi connectivity index (χ3v) is 5.00. The van der Waals surface area contributed by atoms with Gasteiger partial charge in [0.2, 0.25) is 5.95 Å². The summed E-state index contributed by atoms with van der Waals surface area (Å²) in [4.78, 5) is 19.3. The van der Waals surface area contributed by atoms with E-state index in [1.165, 1.54) is 30.3 Å². The summed E-state index contributed by atoms with van der Waals surface area (Å²) in [6, 6.07) is 12.6. The number of nitrogens with zero attached hydrogens (tertiary/aromatic N) is 3. The second-order valence-electron chi connectivity index (χ2n) is 8.00. The first-order chi connectivity index (χ1) is 16.5. The summed E-state index contributed by atoms with van der Waals surface area (Å²) < 4.78 is 42.0. The molecule has 0 saturated carbocycles. The number of nitrogens with one attached hydrogen (secondary N) is 2. The number of alkyl halides is 3. The van der Waals surface area contributed by atoms with Gasteiger partial charge >= 0.3 is 6.36 Å². The number of ether oxygens (including phenoxy) is 1. The Labute approximate surface area is 199 Å². The molecule has 0 aliphatic heterocycles. The van der Waals surface area contributed by atoms with Gasteiger partial charge in [-0.3, -0.25) is 10.1 Å². The molecule has 0 amide bonds. The molecule has 0 radical (unpaired) electrons. The molecule has 0 aliphatic rings. The summed E-state index contributed by atoms with van der Waals surface area (Å²) in [6.45, 7) is 3.81. The molecule has 0 fully saturated rings. The molecule has 0 spiro atoms. The highest BCUT2D eigenvalue weighted by Gasteiger charge is 2.31. The van der Waals surface area contributed by atoms with Crippen molar-refractivity contribution in [3.05, 3.63) is 70.3 Å². The lowest BCUT2D eigenvalue weighted by Crippen LogP contribution is -2.30. The first-order valence-electron chi connectivity index (χ1n) is 10.6. The quantitative estimate of drug-likeness (QED) is 0.268. The number of halogens is 3. The molecule has 3 aromatic rings. The molecule has 186 valence electrons. The summed E-state index contributed by atoms with van der Waals surface area (Å²) in [5.74, 6) is 0.118. The first-order valence-corrected chi connectivity index (χ1v) is 10.6. The van der Waals surface area contributed by atoms with E-state index in [1.54, 1.807) is 24.3 Å². The minimum atomic E-state index is -4.84. The van der Waals surface area contributed by atoms with Gasteiger partial charge in [-0.1, -0.05) is 38.1 Å². The Morgan fingerprint density at radius 3 is 2.51 bits per heavy atom. The fourth-order valence-corrected chi connectivity index (χ4v) is 3.16. The number of nitro benzene ring substituents is 1. The van der Waals surface area contributed by atoms with E-state index < -0.39 is 17.0 Å². The molecule has 3 N–H and O–H groups in total. The zero-order valence-corrected chi connectivity index (χ0v) is 18.9. The molecule has 12 heteroatoms. The number of nitro groups is 1. The Kier molecular flexibility index (Phi) is 8.07. The number of hydrogen-bond acceptors (Lipinski definition) is 8. The number of aliphatic hydroxyl groups excluding tert-OH is 1. The molecular weight excluding hydrogens is 467 g/mol. The van der Waals surface area contributed by atoms with Crippen LogP contribution >= 0.6 is 0 Å². The van der Waals surface area contributed by atoms with Crippen molar-refractivity contribution in [2.24, 2.45) is 5.92 Å². The molecule has 9 nitrogen and oxygen atoms in total. The highest BCUT2D eigenvalue weighted by atomic mass is 19.4. The van der Waals surface area contributed by atoms with Crippen molar-refractivity contribution >= 4 is 17.5 Å². The van der Waals surface area contributed by atoms with E-state index in [9.17, 15) is 28.4 Å². The van der Waals surface area contributed by atoms with Gasteiger partial charge < -0.3 is 20.5 Å². The van der Waals surface area contributed by atoms with E-state index >= 15 is 0 Å². The molecule has 2 aromatic carbocycles. The molecule has 1 atom stereocenters. The Morgan fingerprint density at radius 2 is 1.86 bits per heavy atom. The fraction of sp³-hybridized carbons (Fsp3) is 0.304. The average Bonchev–Trinajstić information content (AvgIpc) is 2.80. The third-order valence-electron chi connectivity index (χ3n) is 5.00. The van der Waals surface area contributed by atoms with Gasteiger partial charge in [-0.15, -0.1) is 13.2 Å². The van der Waals surface area contributed by atoms with Crippen molar-refractivity contribution in [2.45, 2.75) is 32.8 Å². The van der Waals surface area contributed by atoms with Crippen LogP contribution in [0.3, 0.4) is 0 Å². The van der Waals surface area contributed by atoms with Gasteiger partial charge in [-0.2, -0.15) is 4.98 Å². The van der Waals surface area contributed by atoms with E-state index in [4.69, 9.17) is 0 Å². The molecule has 35 heavy (non-hydrogen) atoms. The monoisotopic (exact) mass is 491 g/mol. The van der Waals surface area contributed by atoms with E-state index in [2.05, 4.69) is 25.3 Å². The number of rotatable bonds is 10. The number of benzene rings is 2. The largest absolute Gasteiger partial charge is 0.573 e. The maximum absolute atomic E-state index is 12.7. The van der Waals surface area contributed by atoms with Crippen molar-refractivity contribution in [3.63, 3.8) is 0 Å². The standard InChI is InChI=1S/C23H24F3N5O4/c1-14(2)20(13-32)29-22-28-19(16-6-4-8-18(10-16)35-23(24,25)26)11-21(30-22)27-12-15-5-3-7-17(9-15)31(33)34/h3-11,14,20,32H,12-13H2,1-2H3,(H2,27,28,29,30)/t20-/m1/s1. The fourth-order valence-electron chi connectivity index (χ4n) is 3.16. The van der Waals surface area contributed by atoms with Crippen LogP contribution in [0.4, 0.5) is 30.6 Å². The summed E-state index contributed by atoms with van der Waals surface area (Å²) >= 11 is 0. The number of aromatic nitrogens is 2. The number of hydrogen-bond donors (Lipinski definition) is 3. The Hall–Kier alpha value is -3.93. The van der Waals surface area contributed by atoms with Crippen LogP contribution in [0.5, 0.6) is 5.75 Å². The van der Waals surface area contributed by atoms with Crippen molar-refractivity contribution in [1.29, 1.82) is 0 Å². The molecule has 0 aliphatic carbocycles. The van der Waals surface area contributed by atoms with Crippen LogP contribution in [0.2, 0.25) is 0 Å². The van der Waals surface area contributed by atoms with Gasteiger partial charge in [-0.05, 0) is 23.6 Å². The van der Waals surface area contributed by atoms with Crippen LogP contribution < -0.4 is 15.4 Å². The highest BCUT2D eigenvalue weighted by molar-refractivity contribution is 5.66. The van der Waals surface area contributed by atoms with Gasteiger partial charge in [0.25, 0.3) is 5.69 Å². The second-order valence-corrected chi connectivity index (χ2v) is 8.00. The summed E-state index contributed by atoms with van der Waals surface area (Å²) in [7, 11) is 0. The predicted molar refractivity (Wildman–Crippen MR) is 124 cm³/mol. The molecule has 1 heterocycles. The number of non-ortho nitro benzene ring substituents is 1. The zero-order valence-electron chi connectivity index (χ0n) is 18.9. The molecular formula is C23H24F3N5O4. The topological polar surface area (TPSA) is 122 Å². The Bertz CT molecular complexity index is 1170. The normalized spacial score (nSPS) is 12.3. The molecule has 3 rings (SSSR count). The minimum absolute atomic E-state index is 0.0389. The maximum Gasteiger partial charge on any atom is 0.573 e. The lowest BCUT2D eigenvalue weighted by molar-refractivity contribution is -0.384. The smallest absolute Gasteiger partial charge is 0.406 e. The Balaban J connectivity index is 1.94. The summed E-state index contributed by atoms with van der Waals surface area (Å²) in [6.07, 6.45) is -4.84. The van der Waals surface area contributed by atoms with E-state index in [0.717, 1.165) is 0 Å². The van der Waals surface area contributed by atoms with Crippen molar-refractivity contribution in [3.8, 4) is 17.0 Å². The van der Waals surface area contributed by atoms with E-state index in [0.29, 0.717) is 22.6 Å². The number of aliphatic hydroxyl groups is 1. The summed E-state index contributed by atoms with van der Waals surface area (Å²) in [5, 5.41) is 26.8.